The molecule has 0 aliphatic rings. The SMILES string of the molecule is CCn1cc(C(C)NCCCn2cccn2)cn1. The lowest BCUT2D eigenvalue weighted by Crippen LogP contribution is -2.20. The highest BCUT2D eigenvalue weighted by Crippen LogP contribution is 2.10. The van der Waals surface area contributed by atoms with E-state index in [0.717, 1.165) is 26.1 Å². The molecular formula is C13H21N5. The Labute approximate surface area is 108 Å². The predicted molar refractivity (Wildman–Crippen MR) is 71.2 cm³/mol. The molecule has 1 N–H and O–H groups in total. The van der Waals surface area contributed by atoms with Crippen LogP contribution in [0.2, 0.25) is 0 Å². The Morgan fingerprint density at radius 1 is 1.33 bits per heavy atom. The van der Waals surface area contributed by atoms with Crippen molar-refractivity contribution >= 4 is 0 Å². The lowest BCUT2D eigenvalue weighted by atomic mass is 10.2. The Kier molecular flexibility index (Phi) is 4.52. The van der Waals surface area contributed by atoms with Crippen LogP contribution in [0.4, 0.5) is 0 Å². The first-order valence-electron chi connectivity index (χ1n) is 6.52. The Morgan fingerprint density at radius 3 is 2.89 bits per heavy atom. The maximum absolute atomic E-state index is 4.29. The average Bonchev–Trinajstić information content (AvgIpc) is 3.05. The van der Waals surface area contributed by atoms with Gasteiger partial charge in [-0.1, -0.05) is 0 Å². The van der Waals surface area contributed by atoms with Gasteiger partial charge in [-0.15, -0.1) is 0 Å². The first kappa shape index (κ1) is 12.8. The summed E-state index contributed by atoms with van der Waals surface area (Å²) in [6.45, 7) is 7.13. The van der Waals surface area contributed by atoms with Crippen molar-refractivity contribution in [2.24, 2.45) is 0 Å². The molecule has 0 fully saturated rings. The van der Waals surface area contributed by atoms with Gasteiger partial charge in [0, 0.05) is 43.3 Å². The van der Waals surface area contributed by atoms with Gasteiger partial charge >= 0.3 is 0 Å². The Morgan fingerprint density at radius 2 is 2.22 bits per heavy atom. The minimum Gasteiger partial charge on any atom is -0.310 e. The highest BCUT2D eigenvalue weighted by atomic mass is 15.3. The summed E-state index contributed by atoms with van der Waals surface area (Å²) in [4.78, 5) is 0. The van der Waals surface area contributed by atoms with Crippen LogP contribution < -0.4 is 5.32 Å². The molecule has 0 saturated heterocycles. The molecule has 2 aromatic rings. The summed E-state index contributed by atoms with van der Waals surface area (Å²) in [6, 6.07) is 2.30. The highest BCUT2D eigenvalue weighted by Gasteiger charge is 2.06. The van der Waals surface area contributed by atoms with E-state index in [2.05, 4.69) is 35.6 Å². The van der Waals surface area contributed by atoms with E-state index in [-0.39, 0.29) is 0 Å². The zero-order valence-electron chi connectivity index (χ0n) is 11.1. The van der Waals surface area contributed by atoms with Gasteiger partial charge in [-0.3, -0.25) is 9.36 Å². The molecule has 98 valence electrons. The molecule has 0 radical (unpaired) electrons. The molecule has 1 unspecified atom stereocenters. The molecule has 2 rings (SSSR count). The third-order valence-electron chi connectivity index (χ3n) is 3.05. The van der Waals surface area contributed by atoms with Gasteiger partial charge in [-0.2, -0.15) is 10.2 Å². The number of hydrogen-bond acceptors (Lipinski definition) is 3. The maximum Gasteiger partial charge on any atom is 0.0537 e. The zero-order valence-corrected chi connectivity index (χ0v) is 11.1. The summed E-state index contributed by atoms with van der Waals surface area (Å²) in [5.41, 5.74) is 1.25. The van der Waals surface area contributed by atoms with E-state index in [0.29, 0.717) is 6.04 Å². The second-order valence-corrected chi connectivity index (χ2v) is 4.43. The van der Waals surface area contributed by atoms with Crippen molar-refractivity contribution < 1.29 is 0 Å². The molecule has 0 bridgehead atoms. The van der Waals surface area contributed by atoms with E-state index in [1.165, 1.54) is 5.56 Å². The first-order chi connectivity index (χ1) is 8.79. The third kappa shape index (κ3) is 3.43. The van der Waals surface area contributed by atoms with Crippen LogP contribution >= 0.6 is 0 Å². The molecule has 18 heavy (non-hydrogen) atoms. The molecule has 0 aliphatic heterocycles. The first-order valence-corrected chi connectivity index (χ1v) is 6.52. The summed E-state index contributed by atoms with van der Waals surface area (Å²) < 4.78 is 3.92. The number of nitrogens with one attached hydrogen (secondary N) is 1. The number of aryl methyl sites for hydroxylation is 2. The summed E-state index contributed by atoms with van der Waals surface area (Å²) >= 11 is 0. The van der Waals surface area contributed by atoms with Crippen LogP contribution in [0, 0.1) is 0 Å². The van der Waals surface area contributed by atoms with Crippen molar-refractivity contribution in [2.45, 2.75) is 39.4 Å². The van der Waals surface area contributed by atoms with Crippen molar-refractivity contribution in [3.63, 3.8) is 0 Å². The van der Waals surface area contributed by atoms with Gasteiger partial charge in [-0.05, 0) is 32.9 Å². The second-order valence-electron chi connectivity index (χ2n) is 4.43. The van der Waals surface area contributed by atoms with Gasteiger partial charge in [0.05, 0.1) is 6.20 Å². The Bertz CT molecular complexity index is 446. The van der Waals surface area contributed by atoms with Crippen LogP contribution in [0.15, 0.2) is 30.9 Å². The lowest BCUT2D eigenvalue weighted by molar-refractivity contribution is 0.506. The smallest absolute Gasteiger partial charge is 0.0537 e. The summed E-state index contributed by atoms with van der Waals surface area (Å²) in [6.07, 6.45) is 8.93. The molecule has 0 saturated carbocycles. The van der Waals surface area contributed by atoms with Gasteiger partial charge in [-0.25, -0.2) is 0 Å². The summed E-state index contributed by atoms with van der Waals surface area (Å²) in [5, 5.41) is 12.0. The van der Waals surface area contributed by atoms with Crippen LogP contribution in [-0.4, -0.2) is 26.1 Å². The second kappa shape index (κ2) is 6.35. The summed E-state index contributed by atoms with van der Waals surface area (Å²) in [5.74, 6) is 0. The van der Waals surface area contributed by atoms with Crippen molar-refractivity contribution in [1.29, 1.82) is 0 Å². The molecule has 0 aromatic carbocycles. The van der Waals surface area contributed by atoms with E-state index in [1.54, 1.807) is 0 Å². The fourth-order valence-electron chi connectivity index (χ4n) is 1.89. The number of rotatable bonds is 7. The monoisotopic (exact) mass is 247 g/mol. The van der Waals surface area contributed by atoms with E-state index >= 15 is 0 Å². The zero-order chi connectivity index (χ0) is 12.8. The quantitative estimate of drug-likeness (QED) is 0.759. The standard InChI is InChI=1S/C13H21N5/c1-3-17-11-13(10-16-17)12(2)14-6-4-8-18-9-5-7-15-18/h5,7,9-12,14H,3-4,6,8H2,1-2H3. The minimum atomic E-state index is 0.350. The largest absolute Gasteiger partial charge is 0.310 e. The normalized spacial score (nSPS) is 12.8. The lowest BCUT2D eigenvalue weighted by Gasteiger charge is -2.11. The number of hydrogen-bond donors (Lipinski definition) is 1. The van der Waals surface area contributed by atoms with E-state index < -0.39 is 0 Å². The number of nitrogens with zero attached hydrogens (tertiary/aromatic N) is 4. The molecule has 2 heterocycles. The van der Waals surface area contributed by atoms with Gasteiger partial charge in [0.2, 0.25) is 0 Å². The molecule has 0 spiro atoms. The molecule has 5 heteroatoms. The van der Waals surface area contributed by atoms with Crippen molar-refractivity contribution in [3.05, 3.63) is 36.4 Å². The van der Waals surface area contributed by atoms with E-state index in [9.17, 15) is 0 Å². The fraction of sp³-hybridized carbons (Fsp3) is 0.538. The summed E-state index contributed by atoms with van der Waals surface area (Å²) in [7, 11) is 0. The van der Waals surface area contributed by atoms with Crippen LogP contribution in [0.1, 0.15) is 31.9 Å². The molecule has 2 aromatic heterocycles. The molecule has 5 nitrogen and oxygen atoms in total. The maximum atomic E-state index is 4.29. The molecular weight excluding hydrogens is 226 g/mol. The van der Waals surface area contributed by atoms with Crippen LogP contribution in [0.25, 0.3) is 0 Å². The van der Waals surface area contributed by atoms with Gasteiger partial charge in [0.25, 0.3) is 0 Å². The average molecular weight is 247 g/mol. The predicted octanol–water partition coefficient (Wildman–Crippen LogP) is 1.84. The Balaban J connectivity index is 1.69. The third-order valence-corrected chi connectivity index (χ3v) is 3.05. The van der Waals surface area contributed by atoms with Gasteiger partial charge in [0.15, 0.2) is 0 Å². The van der Waals surface area contributed by atoms with E-state index in [1.807, 2.05) is 34.0 Å². The molecule has 0 amide bonds. The van der Waals surface area contributed by atoms with Gasteiger partial charge in [0.1, 0.15) is 0 Å². The fourth-order valence-corrected chi connectivity index (χ4v) is 1.89. The van der Waals surface area contributed by atoms with Crippen molar-refractivity contribution in [3.8, 4) is 0 Å². The molecule has 1 atom stereocenters. The topological polar surface area (TPSA) is 47.7 Å². The Hall–Kier alpha value is -1.62. The van der Waals surface area contributed by atoms with E-state index in [4.69, 9.17) is 0 Å². The number of aromatic nitrogens is 4. The van der Waals surface area contributed by atoms with Crippen molar-refractivity contribution in [1.82, 2.24) is 24.9 Å². The van der Waals surface area contributed by atoms with Crippen molar-refractivity contribution in [2.75, 3.05) is 6.54 Å². The van der Waals surface area contributed by atoms with Crippen LogP contribution in [-0.2, 0) is 13.1 Å². The highest BCUT2D eigenvalue weighted by molar-refractivity contribution is 5.08. The molecule has 0 aliphatic carbocycles. The van der Waals surface area contributed by atoms with Crippen LogP contribution in [0.3, 0.4) is 0 Å². The van der Waals surface area contributed by atoms with Crippen LogP contribution in [0.5, 0.6) is 0 Å². The minimum absolute atomic E-state index is 0.350. The van der Waals surface area contributed by atoms with Gasteiger partial charge < -0.3 is 5.32 Å².